The number of H-pyrrole nitrogens is 2. The SMILES string of the molecule is O=C1Nc2ccc([N+](=O)[O-])cc2C12c1c([nH]c(=O)[nH]c1=O)Oc1ccc3ccccc3c12. The predicted molar refractivity (Wildman–Crippen MR) is 113 cm³/mol. The van der Waals surface area contributed by atoms with Crippen LogP contribution in [0.1, 0.15) is 16.7 Å². The van der Waals surface area contributed by atoms with Crippen molar-refractivity contribution >= 4 is 28.1 Å². The number of carbonyl (C=O) groups is 1. The van der Waals surface area contributed by atoms with E-state index in [-0.39, 0.29) is 28.4 Å². The third kappa shape index (κ3) is 2.10. The fourth-order valence-corrected chi connectivity index (χ4v) is 4.74. The molecule has 1 unspecified atom stereocenters. The number of nitro benzene ring substituents is 1. The molecule has 10 heteroatoms. The Kier molecular flexibility index (Phi) is 3.34. The molecular weight excluding hydrogens is 416 g/mol. The summed E-state index contributed by atoms with van der Waals surface area (Å²) in [6.07, 6.45) is 0. The number of fused-ring (bicyclic) bond motifs is 8. The first-order valence-electron chi connectivity index (χ1n) is 9.59. The van der Waals surface area contributed by atoms with Crippen LogP contribution in [0.4, 0.5) is 11.4 Å². The van der Waals surface area contributed by atoms with Gasteiger partial charge in [0.2, 0.25) is 11.8 Å². The maximum atomic E-state index is 13.7. The van der Waals surface area contributed by atoms with Crippen LogP contribution in [0.3, 0.4) is 0 Å². The molecule has 0 aliphatic carbocycles. The molecule has 1 spiro atoms. The summed E-state index contributed by atoms with van der Waals surface area (Å²) >= 11 is 0. The van der Waals surface area contributed by atoms with E-state index in [0.29, 0.717) is 16.6 Å². The van der Waals surface area contributed by atoms with Gasteiger partial charge in [-0.05, 0) is 22.9 Å². The lowest BCUT2D eigenvalue weighted by atomic mass is 9.68. The Bertz CT molecular complexity index is 1640. The molecule has 0 fully saturated rings. The molecule has 0 radical (unpaired) electrons. The van der Waals surface area contributed by atoms with Gasteiger partial charge >= 0.3 is 5.69 Å². The van der Waals surface area contributed by atoms with Gasteiger partial charge in [0.15, 0.2) is 0 Å². The molecule has 6 rings (SSSR count). The Labute approximate surface area is 177 Å². The molecule has 0 bridgehead atoms. The summed E-state index contributed by atoms with van der Waals surface area (Å²) in [5.41, 5.74) is -2.84. The highest BCUT2D eigenvalue weighted by Crippen LogP contribution is 2.56. The maximum Gasteiger partial charge on any atom is 0.328 e. The van der Waals surface area contributed by atoms with Gasteiger partial charge in [0.05, 0.1) is 4.92 Å². The Morgan fingerprint density at radius 1 is 0.938 bits per heavy atom. The third-order valence-corrected chi connectivity index (χ3v) is 5.97. The zero-order valence-electron chi connectivity index (χ0n) is 16.1. The summed E-state index contributed by atoms with van der Waals surface area (Å²) < 4.78 is 5.89. The predicted octanol–water partition coefficient (Wildman–Crippen LogP) is 2.52. The summed E-state index contributed by atoms with van der Waals surface area (Å²) in [6.45, 7) is 0. The van der Waals surface area contributed by atoms with E-state index in [0.717, 1.165) is 5.39 Å². The molecule has 10 nitrogen and oxygen atoms in total. The molecule has 3 heterocycles. The van der Waals surface area contributed by atoms with E-state index in [9.17, 15) is 24.5 Å². The van der Waals surface area contributed by atoms with E-state index < -0.39 is 27.5 Å². The highest BCUT2D eigenvalue weighted by molar-refractivity contribution is 6.15. The van der Waals surface area contributed by atoms with Gasteiger partial charge in [-0.15, -0.1) is 0 Å². The van der Waals surface area contributed by atoms with Crippen molar-refractivity contribution in [1.29, 1.82) is 0 Å². The number of non-ortho nitro benzene ring substituents is 1. The Morgan fingerprint density at radius 2 is 1.75 bits per heavy atom. The molecule has 4 aromatic rings. The fraction of sp³-hybridized carbons (Fsp3) is 0.0455. The summed E-state index contributed by atoms with van der Waals surface area (Å²) in [7, 11) is 0. The minimum atomic E-state index is -1.77. The van der Waals surface area contributed by atoms with Crippen molar-refractivity contribution in [2.75, 3.05) is 5.32 Å². The van der Waals surface area contributed by atoms with Gasteiger partial charge < -0.3 is 10.1 Å². The number of nitrogens with zero attached hydrogens (tertiary/aromatic N) is 1. The highest BCUT2D eigenvalue weighted by Gasteiger charge is 2.58. The monoisotopic (exact) mass is 428 g/mol. The molecule has 1 amide bonds. The second-order valence-corrected chi connectivity index (χ2v) is 7.57. The average molecular weight is 428 g/mol. The summed E-state index contributed by atoms with van der Waals surface area (Å²) in [5, 5.41) is 15.7. The van der Waals surface area contributed by atoms with Crippen LogP contribution in [-0.4, -0.2) is 20.8 Å². The second kappa shape index (κ2) is 5.91. The second-order valence-electron chi connectivity index (χ2n) is 7.57. The Balaban J connectivity index is 1.87. The van der Waals surface area contributed by atoms with Crippen LogP contribution in [0.25, 0.3) is 10.8 Å². The molecule has 1 aromatic heterocycles. The summed E-state index contributed by atoms with van der Waals surface area (Å²) in [5.74, 6) is -0.504. The normalized spacial score (nSPS) is 17.9. The number of hydrogen-bond donors (Lipinski definition) is 3. The molecule has 32 heavy (non-hydrogen) atoms. The smallest absolute Gasteiger partial charge is 0.328 e. The van der Waals surface area contributed by atoms with Crippen molar-refractivity contribution in [2.45, 2.75) is 5.41 Å². The fourth-order valence-electron chi connectivity index (χ4n) is 4.74. The van der Waals surface area contributed by atoms with Gasteiger partial charge in [-0.3, -0.25) is 29.7 Å². The Hall–Kier alpha value is -4.73. The molecule has 0 saturated heterocycles. The standard InChI is InChI=1S/C22H12N4O6/c27-18-17-19(25-21(29)24-18)32-15-8-5-10-3-1-2-4-12(10)16(15)22(17)13-9-11(26(30)31)6-7-14(13)23-20(22)28/h1-9H,(H,23,28)(H2,24,25,27,29). The Morgan fingerprint density at radius 3 is 2.56 bits per heavy atom. The van der Waals surface area contributed by atoms with Crippen molar-refractivity contribution in [3.63, 3.8) is 0 Å². The van der Waals surface area contributed by atoms with Gasteiger partial charge in [0.1, 0.15) is 16.7 Å². The first kappa shape index (κ1) is 18.1. The van der Waals surface area contributed by atoms with Crippen molar-refractivity contribution < 1.29 is 14.5 Å². The van der Waals surface area contributed by atoms with Crippen molar-refractivity contribution in [3.8, 4) is 11.6 Å². The maximum absolute atomic E-state index is 13.7. The zero-order chi connectivity index (χ0) is 22.2. The van der Waals surface area contributed by atoms with Gasteiger partial charge in [-0.2, -0.15) is 0 Å². The number of anilines is 1. The average Bonchev–Trinajstić information content (AvgIpc) is 3.04. The number of aromatic amines is 2. The number of nitro groups is 1. The molecule has 1 atom stereocenters. The van der Waals surface area contributed by atoms with Crippen molar-refractivity contribution in [2.24, 2.45) is 0 Å². The van der Waals surface area contributed by atoms with Gasteiger partial charge in [0.25, 0.3) is 11.2 Å². The van der Waals surface area contributed by atoms with E-state index in [1.807, 2.05) is 12.1 Å². The number of nitrogens with one attached hydrogen (secondary N) is 3. The van der Waals surface area contributed by atoms with Crippen LogP contribution in [0.15, 0.2) is 64.2 Å². The number of ether oxygens (including phenoxy) is 1. The first-order valence-corrected chi connectivity index (χ1v) is 9.59. The first-order chi connectivity index (χ1) is 15.4. The van der Waals surface area contributed by atoms with E-state index in [1.165, 1.54) is 18.2 Å². The summed E-state index contributed by atoms with van der Waals surface area (Å²) in [6, 6.07) is 14.7. The lowest BCUT2D eigenvalue weighted by molar-refractivity contribution is -0.384. The van der Waals surface area contributed by atoms with Crippen molar-refractivity contribution in [3.05, 3.63) is 102 Å². The quantitative estimate of drug-likeness (QED) is 0.313. The molecule has 3 aromatic carbocycles. The minimum Gasteiger partial charge on any atom is -0.440 e. The zero-order valence-corrected chi connectivity index (χ0v) is 16.1. The number of rotatable bonds is 1. The lowest BCUT2D eigenvalue weighted by Crippen LogP contribution is -2.46. The number of benzene rings is 3. The van der Waals surface area contributed by atoms with Gasteiger partial charge in [0, 0.05) is 28.9 Å². The van der Waals surface area contributed by atoms with Crippen LogP contribution >= 0.6 is 0 Å². The molecule has 2 aliphatic rings. The van der Waals surface area contributed by atoms with Crippen LogP contribution in [0, 0.1) is 10.1 Å². The van der Waals surface area contributed by atoms with Crippen molar-refractivity contribution in [1.82, 2.24) is 9.97 Å². The minimum absolute atomic E-state index is 0.141. The third-order valence-electron chi connectivity index (χ3n) is 5.97. The van der Waals surface area contributed by atoms with Gasteiger partial charge in [-0.25, -0.2) is 4.79 Å². The number of carbonyl (C=O) groups excluding carboxylic acids is 1. The highest BCUT2D eigenvalue weighted by atomic mass is 16.6. The van der Waals surface area contributed by atoms with E-state index in [2.05, 4.69) is 15.3 Å². The van der Waals surface area contributed by atoms with E-state index in [1.54, 1.807) is 24.3 Å². The number of amides is 1. The molecule has 0 saturated carbocycles. The molecular formula is C22H12N4O6. The van der Waals surface area contributed by atoms with E-state index in [4.69, 9.17) is 4.74 Å². The van der Waals surface area contributed by atoms with Crippen LogP contribution in [0.5, 0.6) is 11.6 Å². The molecule has 2 aliphatic heterocycles. The number of hydrogen-bond acceptors (Lipinski definition) is 6. The topological polar surface area (TPSA) is 147 Å². The van der Waals surface area contributed by atoms with Crippen LogP contribution < -0.4 is 21.3 Å². The lowest BCUT2D eigenvalue weighted by Gasteiger charge is -2.35. The van der Waals surface area contributed by atoms with E-state index >= 15 is 0 Å². The molecule has 156 valence electrons. The largest absolute Gasteiger partial charge is 0.440 e. The van der Waals surface area contributed by atoms with Crippen LogP contribution in [-0.2, 0) is 10.2 Å². The number of aromatic nitrogens is 2. The van der Waals surface area contributed by atoms with Crippen LogP contribution in [0.2, 0.25) is 0 Å². The summed E-state index contributed by atoms with van der Waals surface area (Å²) in [4.78, 5) is 54.4. The van der Waals surface area contributed by atoms with Gasteiger partial charge in [-0.1, -0.05) is 30.3 Å². The molecule has 3 N–H and O–H groups in total.